The average Bonchev–Trinajstić information content (AvgIpc) is 2.24. The Bertz CT molecular complexity index is 380. The maximum atomic E-state index is 13.3. The van der Waals surface area contributed by atoms with Gasteiger partial charge in [0.1, 0.15) is 5.82 Å². The molecule has 0 N–H and O–H groups in total. The maximum Gasteiger partial charge on any atom is 0.166 e. The van der Waals surface area contributed by atoms with Crippen molar-refractivity contribution in [2.45, 2.75) is 25.7 Å². The van der Waals surface area contributed by atoms with Crippen LogP contribution in [0.2, 0.25) is 0 Å². The molecular weight excluding hydrogens is 167 g/mol. The molecule has 68 valence electrons. The molecule has 1 aromatic carbocycles. The van der Waals surface area contributed by atoms with Gasteiger partial charge in [0, 0.05) is 6.42 Å². The summed E-state index contributed by atoms with van der Waals surface area (Å²) in [7, 11) is 0. The molecule has 2 heteroatoms. The van der Waals surface area contributed by atoms with Gasteiger partial charge in [-0.05, 0) is 17.0 Å². The topological polar surface area (TPSA) is 17.1 Å². The Kier molecular flexibility index (Phi) is 1.56. The van der Waals surface area contributed by atoms with Crippen LogP contribution in [0, 0.1) is 5.82 Å². The monoisotopic (exact) mass is 178 g/mol. The molecule has 0 saturated carbocycles. The summed E-state index contributed by atoms with van der Waals surface area (Å²) in [5.74, 6) is -0.453. The Morgan fingerprint density at radius 2 is 2.08 bits per heavy atom. The van der Waals surface area contributed by atoms with Crippen molar-refractivity contribution in [3.63, 3.8) is 0 Å². The van der Waals surface area contributed by atoms with Crippen molar-refractivity contribution in [2.75, 3.05) is 0 Å². The smallest absolute Gasteiger partial charge is 0.166 e. The van der Waals surface area contributed by atoms with E-state index in [4.69, 9.17) is 0 Å². The van der Waals surface area contributed by atoms with Crippen molar-refractivity contribution in [3.8, 4) is 0 Å². The van der Waals surface area contributed by atoms with Crippen molar-refractivity contribution in [2.24, 2.45) is 0 Å². The molecular formula is C11H11FO. The minimum absolute atomic E-state index is 0.0712. The summed E-state index contributed by atoms with van der Waals surface area (Å²) < 4.78 is 13.3. The first-order valence-corrected chi connectivity index (χ1v) is 4.34. The third-order valence-corrected chi connectivity index (χ3v) is 2.62. The number of carbonyl (C=O) groups excluding carboxylic acids is 1. The fraction of sp³-hybridized carbons (Fsp3) is 0.364. The quantitative estimate of drug-likeness (QED) is 0.597. The number of Topliss-reactive ketones (excluding diaryl/α,β-unsaturated/α-hetero) is 1. The minimum atomic E-state index is -0.381. The van der Waals surface area contributed by atoms with Crippen LogP contribution in [0.4, 0.5) is 4.39 Å². The number of carbonyl (C=O) groups is 1. The second-order valence-electron chi connectivity index (χ2n) is 4.15. The Labute approximate surface area is 76.6 Å². The van der Waals surface area contributed by atoms with Crippen molar-refractivity contribution in [3.05, 3.63) is 35.1 Å². The van der Waals surface area contributed by atoms with E-state index in [2.05, 4.69) is 0 Å². The largest absolute Gasteiger partial charge is 0.294 e. The summed E-state index contributed by atoms with van der Waals surface area (Å²) in [5, 5.41) is 0. The van der Waals surface area contributed by atoms with E-state index in [-0.39, 0.29) is 17.0 Å². The van der Waals surface area contributed by atoms with Crippen LogP contribution in [0.15, 0.2) is 18.2 Å². The van der Waals surface area contributed by atoms with Gasteiger partial charge in [-0.15, -0.1) is 0 Å². The first-order valence-electron chi connectivity index (χ1n) is 4.34. The van der Waals surface area contributed by atoms with Crippen LogP contribution in [0.5, 0.6) is 0 Å². The van der Waals surface area contributed by atoms with Gasteiger partial charge in [0.25, 0.3) is 0 Å². The lowest BCUT2D eigenvalue weighted by Crippen LogP contribution is -2.12. The molecule has 0 aromatic heterocycles. The first kappa shape index (κ1) is 8.42. The molecule has 0 heterocycles. The van der Waals surface area contributed by atoms with Crippen LogP contribution >= 0.6 is 0 Å². The number of fused-ring (bicyclic) bond motifs is 1. The van der Waals surface area contributed by atoms with E-state index in [0.29, 0.717) is 12.0 Å². The number of ketones is 1. The number of hydrogen-bond acceptors (Lipinski definition) is 1. The normalized spacial score (nSPS) is 18.8. The molecule has 0 unspecified atom stereocenters. The Morgan fingerprint density at radius 1 is 1.38 bits per heavy atom. The molecule has 1 nitrogen and oxygen atoms in total. The highest BCUT2D eigenvalue weighted by Gasteiger charge is 2.37. The molecule has 0 radical (unpaired) electrons. The second-order valence-corrected chi connectivity index (χ2v) is 4.15. The lowest BCUT2D eigenvalue weighted by Gasteiger charge is -2.16. The van der Waals surface area contributed by atoms with Crippen LogP contribution in [0.1, 0.15) is 36.2 Å². The summed E-state index contributed by atoms with van der Waals surface area (Å²) in [6.45, 7) is 3.94. The van der Waals surface area contributed by atoms with E-state index < -0.39 is 0 Å². The fourth-order valence-electron chi connectivity index (χ4n) is 1.96. The molecule has 2 rings (SSSR count). The van der Waals surface area contributed by atoms with Gasteiger partial charge < -0.3 is 0 Å². The minimum Gasteiger partial charge on any atom is -0.294 e. The van der Waals surface area contributed by atoms with Gasteiger partial charge in [-0.2, -0.15) is 0 Å². The van der Waals surface area contributed by atoms with Gasteiger partial charge in [-0.3, -0.25) is 4.79 Å². The first-order chi connectivity index (χ1) is 6.02. The summed E-state index contributed by atoms with van der Waals surface area (Å²) in [4.78, 5) is 11.5. The third-order valence-electron chi connectivity index (χ3n) is 2.62. The zero-order valence-corrected chi connectivity index (χ0v) is 7.73. The van der Waals surface area contributed by atoms with Crippen LogP contribution in [0.3, 0.4) is 0 Å². The van der Waals surface area contributed by atoms with Gasteiger partial charge in [0.05, 0.1) is 5.56 Å². The zero-order chi connectivity index (χ0) is 9.64. The summed E-state index contributed by atoms with van der Waals surface area (Å²) >= 11 is 0. The lowest BCUT2D eigenvalue weighted by atomic mass is 9.87. The summed E-state index contributed by atoms with van der Waals surface area (Å²) in [6, 6.07) is 4.84. The molecule has 0 aliphatic heterocycles. The van der Waals surface area contributed by atoms with E-state index in [1.165, 1.54) is 6.07 Å². The predicted octanol–water partition coefficient (Wildman–Crippen LogP) is 2.69. The molecule has 1 aliphatic carbocycles. The van der Waals surface area contributed by atoms with Gasteiger partial charge in [-0.25, -0.2) is 4.39 Å². The van der Waals surface area contributed by atoms with Crippen molar-refractivity contribution < 1.29 is 9.18 Å². The molecule has 13 heavy (non-hydrogen) atoms. The molecule has 0 spiro atoms. The van der Waals surface area contributed by atoms with E-state index in [0.717, 1.165) is 5.56 Å². The molecule has 0 fully saturated rings. The number of halogens is 1. The van der Waals surface area contributed by atoms with Gasteiger partial charge in [0.2, 0.25) is 0 Å². The highest BCUT2D eigenvalue weighted by atomic mass is 19.1. The van der Waals surface area contributed by atoms with E-state index >= 15 is 0 Å². The second kappa shape index (κ2) is 2.41. The standard InChI is InChI=1S/C11H11FO/c1-11(2)6-9(13)10-7(11)4-3-5-8(10)12/h3-5H,6H2,1-2H3. The van der Waals surface area contributed by atoms with Crippen LogP contribution in [-0.2, 0) is 5.41 Å². The van der Waals surface area contributed by atoms with Crippen LogP contribution < -0.4 is 0 Å². The van der Waals surface area contributed by atoms with Crippen molar-refractivity contribution in [1.29, 1.82) is 0 Å². The maximum absolute atomic E-state index is 13.3. The Balaban J connectivity index is 2.72. The molecule has 1 aliphatic rings. The highest BCUT2D eigenvalue weighted by Crippen LogP contribution is 2.38. The molecule has 0 saturated heterocycles. The van der Waals surface area contributed by atoms with Crippen LogP contribution in [0.25, 0.3) is 0 Å². The Hall–Kier alpha value is -1.18. The molecule has 1 aromatic rings. The van der Waals surface area contributed by atoms with Crippen molar-refractivity contribution in [1.82, 2.24) is 0 Å². The molecule has 0 bridgehead atoms. The Morgan fingerprint density at radius 3 is 2.69 bits per heavy atom. The van der Waals surface area contributed by atoms with E-state index in [1.807, 2.05) is 19.9 Å². The van der Waals surface area contributed by atoms with Crippen molar-refractivity contribution >= 4 is 5.78 Å². The number of rotatable bonds is 0. The molecule has 0 amide bonds. The SMILES string of the molecule is CC1(C)CC(=O)c2c(F)cccc21. The highest BCUT2D eigenvalue weighted by molar-refractivity contribution is 6.02. The summed E-state index contributed by atoms with van der Waals surface area (Å²) in [5.41, 5.74) is 0.944. The van der Waals surface area contributed by atoms with E-state index in [1.54, 1.807) is 6.07 Å². The molecule has 0 atom stereocenters. The van der Waals surface area contributed by atoms with Gasteiger partial charge in [-0.1, -0.05) is 26.0 Å². The van der Waals surface area contributed by atoms with E-state index in [9.17, 15) is 9.18 Å². The fourth-order valence-corrected chi connectivity index (χ4v) is 1.96. The van der Waals surface area contributed by atoms with Gasteiger partial charge in [0.15, 0.2) is 5.78 Å². The number of benzene rings is 1. The predicted molar refractivity (Wildman–Crippen MR) is 48.4 cm³/mol. The lowest BCUT2D eigenvalue weighted by molar-refractivity contribution is 0.0976. The van der Waals surface area contributed by atoms with Crippen LogP contribution in [-0.4, -0.2) is 5.78 Å². The van der Waals surface area contributed by atoms with Gasteiger partial charge >= 0.3 is 0 Å². The summed E-state index contributed by atoms with van der Waals surface area (Å²) in [6.07, 6.45) is 0.420. The zero-order valence-electron chi connectivity index (χ0n) is 7.73. The third kappa shape index (κ3) is 1.09. The number of hydrogen-bond donors (Lipinski definition) is 0. The average molecular weight is 178 g/mol.